The van der Waals surface area contributed by atoms with Gasteiger partial charge < -0.3 is 15.0 Å². The Morgan fingerprint density at radius 1 is 1.14 bits per heavy atom. The molecule has 1 atom stereocenters. The van der Waals surface area contributed by atoms with Crippen LogP contribution in [0.1, 0.15) is 49.0 Å². The summed E-state index contributed by atoms with van der Waals surface area (Å²) in [4.78, 5) is 38.7. The number of ether oxygens (including phenoxy) is 1. The average molecular weight is 394 g/mol. The quantitative estimate of drug-likeness (QED) is 0.752. The molecule has 0 bridgehead atoms. The lowest BCUT2D eigenvalue weighted by Crippen LogP contribution is -2.29. The summed E-state index contributed by atoms with van der Waals surface area (Å²) >= 11 is 0. The Bertz CT molecular complexity index is 905. The fourth-order valence-electron chi connectivity index (χ4n) is 3.49. The Kier molecular flexibility index (Phi) is 6.32. The van der Waals surface area contributed by atoms with Gasteiger partial charge in [-0.3, -0.25) is 9.59 Å². The maximum atomic E-state index is 12.7. The number of nitrogens with one attached hydrogen (secondary N) is 1. The van der Waals surface area contributed by atoms with Crippen LogP contribution < -0.4 is 10.2 Å². The lowest BCUT2D eigenvalue weighted by Gasteiger charge is -2.22. The minimum absolute atomic E-state index is 0.0455. The standard InChI is InChI=1S/C23H26N2O4/c1-4-29-23(28)16-9-11-18(12-10-16)24-22(27)17-13-21(26)25(14-17)20-8-6-5-7-19(20)15(2)3/h5-12,15,17H,4,13-14H2,1-3H3,(H,24,27). The number of hydrogen-bond donors (Lipinski definition) is 1. The van der Waals surface area contributed by atoms with Crippen molar-refractivity contribution in [2.75, 3.05) is 23.4 Å². The number of esters is 1. The predicted molar refractivity (Wildman–Crippen MR) is 112 cm³/mol. The molecule has 1 N–H and O–H groups in total. The van der Waals surface area contributed by atoms with Crippen LogP contribution in [0.3, 0.4) is 0 Å². The predicted octanol–water partition coefficient (Wildman–Crippen LogP) is 3.98. The highest BCUT2D eigenvalue weighted by Gasteiger charge is 2.36. The normalized spacial score (nSPS) is 16.2. The number of carbonyl (C=O) groups is 3. The third-order valence-electron chi connectivity index (χ3n) is 5.01. The van der Waals surface area contributed by atoms with E-state index in [0.717, 1.165) is 11.3 Å². The Labute approximate surface area is 170 Å². The number of carbonyl (C=O) groups excluding carboxylic acids is 3. The van der Waals surface area contributed by atoms with E-state index in [-0.39, 0.29) is 24.2 Å². The molecule has 0 spiro atoms. The average Bonchev–Trinajstić information content (AvgIpc) is 3.10. The van der Waals surface area contributed by atoms with Gasteiger partial charge in [0.25, 0.3) is 0 Å². The van der Waals surface area contributed by atoms with Crippen LogP contribution >= 0.6 is 0 Å². The second-order valence-corrected chi connectivity index (χ2v) is 7.41. The molecule has 1 aliphatic heterocycles. The van der Waals surface area contributed by atoms with E-state index in [0.29, 0.717) is 24.4 Å². The van der Waals surface area contributed by atoms with Crippen molar-refractivity contribution in [3.63, 3.8) is 0 Å². The molecule has 0 aromatic heterocycles. The van der Waals surface area contributed by atoms with Crippen LogP contribution in [-0.2, 0) is 14.3 Å². The van der Waals surface area contributed by atoms with Gasteiger partial charge in [0.1, 0.15) is 0 Å². The summed E-state index contributed by atoms with van der Waals surface area (Å²) < 4.78 is 4.95. The van der Waals surface area contributed by atoms with Crippen LogP contribution in [0.4, 0.5) is 11.4 Å². The number of nitrogens with zero attached hydrogens (tertiary/aromatic N) is 1. The topological polar surface area (TPSA) is 75.7 Å². The van der Waals surface area contributed by atoms with Crippen LogP contribution in [0.25, 0.3) is 0 Å². The lowest BCUT2D eigenvalue weighted by molar-refractivity contribution is -0.122. The second kappa shape index (κ2) is 8.90. The number of anilines is 2. The van der Waals surface area contributed by atoms with E-state index >= 15 is 0 Å². The maximum absolute atomic E-state index is 12.7. The van der Waals surface area contributed by atoms with Crippen LogP contribution in [0, 0.1) is 5.92 Å². The molecule has 0 radical (unpaired) electrons. The first-order valence-corrected chi connectivity index (χ1v) is 9.88. The molecule has 0 saturated carbocycles. The summed E-state index contributed by atoms with van der Waals surface area (Å²) in [6, 6.07) is 14.4. The molecule has 0 aliphatic carbocycles. The monoisotopic (exact) mass is 394 g/mol. The third kappa shape index (κ3) is 4.65. The van der Waals surface area contributed by atoms with Crippen molar-refractivity contribution in [3.8, 4) is 0 Å². The van der Waals surface area contributed by atoms with Gasteiger partial charge in [0.05, 0.1) is 18.1 Å². The van der Waals surface area contributed by atoms with E-state index in [1.807, 2.05) is 24.3 Å². The first-order valence-electron chi connectivity index (χ1n) is 9.88. The molecule has 6 heteroatoms. The minimum Gasteiger partial charge on any atom is -0.462 e. The first-order chi connectivity index (χ1) is 13.9. The van der Waals surface area contributed by atoms with Gasteiger partial charge in [-0.2, -0.15) is 0 Å². The van der Waals surface area contributed by atoms with Crippen molar-refractivity contribution < 1.29 is 19.1 Å². The van der Waals surface area contributed by atoms with Gasteiger partial charge in [-0.1, -0.05) is 32.0 Å². The zero-order valence-corrected chi connectivity index (χ0v) is 17.0. The van der Waals surface area contributed by atoms with Gasteiger partial charge in [-0.05, 0) is 48.7 Å². The van der Waals surface area contributed by atoms with E-state index in [4.69, 9.17) is 4.74 Å². The summed E-state index contributed by atoms with van der Waals surface area (Å²) in [5.41, 5.74) is 2.98. The highest BCUT2D eigenvalue weighted by molar-refractivity contribution is 6.04. The molecule has 2 aromatic rings. The Hall–Kier alpha value is -3.15. The van der Waals surface area contributed by atoms with Crippen LogP contribution in [0.2, 0.25) is 0 Å². The Morgan fingerprint density at radius 3 is 2.48 bits per heavy atom. The van der Waals surface area contributed by atoms with Crippen molar-refractivity contribution in [2.45, 2.75) is 33.1 Å². The molecule has 152 valence electrons. The van der Waals surface area contributed by atoms with Gasteiger partial charge in [0.2, 0.25) is 11.8 Å². The summed E-state index contributed by atoms with van der Waals surface area (Å²) in [6.07, 6.45) is 0.180. The molecule has 1 heterocycles. The number of benzene rings is 2. The SMILES string of the molecule is CCOC(=O)c1ccc(NC(=O)C2CC(=O)N(c3ccccc3C(C)C)C2)cc1. The van der Waals surface area contributed by atoms with E-state index in [9.17, 15) is 14.4 Å². The fourth-order valence-corrected chi connectivity index (χ4v) is 3.49. The molecule has 2 amide bonds. The minimum atomic E-state index is -0.424. The second-order valence-electron chi connectivity index (χ2n) is 7.41. The van der Waals surface area contributed by atoms with Crippen molar-refractivity contribution in [3.05, 3.63) is 59.7 Å². The summed E-state index contributed by atoms with van der Waals surface area (Å²) in [5.74, 6) is -0.786. The summed E-state index contributed by atoms with van der Waals surface area (Å²) in [6.45, 7) is 6.59. The van der Waals surface area contributed by atoms with Crippen LogP contribution in [0.15, 0.2) is 48.5 Å². The zero-order chi connectivity index (χ0) is 21.0. The van der Waals surface area contributed by atoms with E-state index < -0.39 is 11.9 Å². The smallest absolute Gasteiger partial charge is 0.338 e. The van der Waals surface area contributed by atoms with E-state index in [1.54, 1.807) is 36.1 Å². The van der Waals surface area contributed by atoms with Crippen molar-refractivity contribution in [1.29, 1.82) is 0 Å². The number of amides is 2. The molecule has 1 aliphatic rings. The Morgan fingerprint density at radius 2 is 1.83 bits per heavy atom. The van der Waals surface area contributed by atoms with Gasteiger partial charge in [-0.25, -0.2) is 4.79 Å². The number of hydrogen-bond acceptors (Lipinski definition) is 4. The van der Waals surface area contributed by atoms with Gasteiger partial charge in [0.15, 0.2) is 0 Å². The lowest BCUT2D eigenvalue weighted by atomic mass is 10.0. The van der Waals surface area contributed by atoms with Crippen molar-refractivity contribution in [1.82, 2.24) is 0 Å². The van der Waals surface area contributed by atoms with Crippen molar-refractivity contribution >= 4 is 29.2 Å². The fraction of sp³-hybridized carbons (Fsp3) is 0.348. The van der Waals surface area contributed by atoms with Gasteiger partial charge in [-0.15, -0.1) is 0 Å². The van der Waals surface area contributed by atoms with Crippen LogP contribution in [0.5, 0.6) is 0 Å². The molecule has 1 fully saturated rings. The van der Waals surface area contributed by atoms with Gasteiger partial charge >= 0.3 is 5.97 Å². The molecule has 1 saturated heterocycles. The molecule has 1 unspecified atom stereocenters. The van der Waals surface area contributed by atoms with Crippen LogP contribution in [-0.4, -0.2) is 30.9 Å². The first kappa shape index (κ1) is 20.6. The number of rotatable bonds is 6. The largest absolute Gasteiger partial charge is 0.462 e. The molecule has 29 heavy (non-hydrogen) atoms. The molecular formula is C23H26N2O4. The number of para-hydroxylation sites is 1. The molecule has 2 aromatic carbocycles. The highest BCUT2D eigenvalue weighted by Crippen LogP contribution is 2.32. The third-order valence-corrected chi connectivity index (χ3v) is 5.01. The van der Waals surface area contributed by atoms with E-state index in [2.05, 4.69) is 19.2 Å². The summed E-state index contributed by atoms with van der Waals surface area (Å²) in [5, 5.41) is 2.84. The molecule has 6 nitrogen and oxygen atoms in total. The maximum Gasteiger partial charge on any atom is 0.338 e. The highest BCUT2D eigenvalue weighted by atomic mass is 16.5. The Balaban J connectivity index is 1.67. The van der Waals surface area contributed by atoms with Gasteiger partial charge in [0, 0.05) is 24.3 Å². The molecule has 3 rings (SSSR count). The van der Waals surface area contributed by atoms with Crippen molar-refractivity contribution in [2.24, 2.45) is 5.92 Å². The van der Waals surface area contributed by atoms with E-state index in [1.165, 1.54) is 0 Å². The molecular weight excluding hydrogens is 368 g/mol. The zero-order valence-electron chi connectivity index (χ0n) is 17.0. The summed E-state index contributed by atoms with van der Waals surface area (Å²) in [7, 11) is 0.